The predicted molar refractivity (Wildman–Crippen MR) is 82.1 cm³/mol. The van der Waals surface area contributed by atoms with Gasteiger partial charge in [0.2, 0.25) is 0 Å². The number of aliphatic hydroxyl groups is 1. The minimum absolute atomic E-state index is 0.474. The van der Waals surface area contributed by atoms with E-state index in [-0.39, 0.29) is 0 Å². The molecular formula is C18H22O2. The highest BCUT2D eigenvalue weighted by molar-refractivity contribution is 5.31. The van der Waals surface area contributed by atoms with E-state index in [1.165, 1.54) is 5.56 Å². The second-order valence-corrected chi connectivity index (χ2v) is 5.06. The molecule has 0 fully saturated rings. The molecule has 0 aliphatic rings. The Labute approximate surface area is 121 Å². The van der Waals surface area contributed by atoms with Gasteiger partial charge in [0.15, 0.2) is 0 Å². The molecule has 2 aromatic rings. The number of hydrogen-bond acceptors (Lipinski definition) is 2. The van der Waals surface area contributed by atoms with Gasteiger partial charge in [-0.1, -0.05) is 49.7 Å². The van der Waals surface area contributed by atoms with E-state index in [0.29, 0.717) is 6.42 Å². The lowest BCUT2D eigenvalue weighted by atomic mass is 9.99. The summed E-state index contributed by atoms with van der Waals surface area (Å²) in [5.41, 5.74) is 3.37. The molecule has 0 amide bonds. The van der Waals surface area contributed by atoms with Crippen molar-refractivity contribution in [2.75, 3.05) is 7.11 Å². The van der Waals surface area contributed by atoms with Gasteiger partial charge in [0.1, 0.15) is 5.75 Å². The van der Waals surface area contributed by atoms with Crippen molar-refractivity contribution in [3.8, 4) is 5.75 Å². The number of aryl methyl sites for hydroxylation is 1. The first-order valence-electron chi connectivity index (χ1n) is 7.12. The molecule has 2 nitrogen and oxygen atoms in total. The topological polar surface area (TPSA) is 29.5 Å². The Morgan fingerprint density at radius 1 is 1.05 bits per heavy atom. The second-order valence-electron chi connectivity index (χ2n) is 5.06. The molecular weight excluding hydrogens is 248 g/mol. The van der Waals surface area contributed by atoms with E-state index >= 15 is 0 Å². The summed E-state index contributed by atoms with van der Waals surface area (Å²) in [7, 11) is 1.65. The summed E-state index contributed by atoms with van der Waals surface area (Å²) < 4.78 is 5.20. The standard InChI is InChI=1S/C18H22O2/c1-3-5-14-8-10-16(11-9-14)18(19)13-15-6-4-7-17(12-15)20-2/h4,6-12,18-19H,3,5,13H2,1-2H3. The molecule has 1 atom stereocenters. The maximum absolute atomic E-state index is 10.3. The van der Waals surface area contributed by atoms with Crippen molar-refractivity contribution >= 4 is 0 Å². The quantitative estimate of drug-likeness (QED) is 0.862. The molecule has 0 aliphatic heterocycles. The van der Waals surface area contributed by atoms with Crippen LogP contribution in [0.25, 0.3) is 0 Å². The van der Waals surface area contributed by atoms with Crippen molar-refractivity contribution < 1.29 is 9.84 Å². The van der Waals surface area contributed by atoms with E-state index in [9.17, 15) is 5.11 Å². The van der Waals surface area contributed by atoms with Gasteiger partial charge in [0.05, 0.1) is 13.2 Å². The minimum Gasteiger partial charge on any atom is -0.497 e. The van der Waals surface area contributed by atoms with Crippen LogP contribution in [0.4, 0.5) is 0 Å². The van der Waals surface area contributed by atoms with E-state index < -0.39 is 6.10 Å². The second kappa shape index (κ2) is 7.11. The molecule has 0 aromatic heterocycles. The van der Waals surface area contributed by atoms with Gasteiger partial charge in [-0.3, -0.25) is 0 Å². The van der Waals surface area contributed by atoms with E-state index in [1.54, 1.807) is 7.11 Å². The van der Waals surface area contributed by atoms with Crippen molar-refractivity contribution in [1.82, 2.24) is 0 Å². The molecule has 0 bridgehead atoms. The molecule has 0 saturated heterocycles. The number of hydrogen-bond donors (Lipinski definition) is 1. The normalized spacial score (nSPS) is 12.2. The van der Waals surface area contributed by atoms with Crippen LogP contribution in [0, 0.1) is 0 Å². The summed E-state index contributed by atoms with van der Waals surface area (Å²) in [5.74, 6) is 0.827. The number of ether oxygens (including phenoxy) is 1. The van der Waals surface area contributed by atoms with Crippen molar-refractivity contribution in [2.45, 2.75) is 32.3 Å². The Balaban J connectivity index is 2.05. The van der Waals surface area contributed by atoms with Gasteiger partial charge in [0, 0.05) is 6.42 Å². The lowest BCUT2D eigenvalue weighted by molar-refractivity contribution is 0.178. The molecule has 0 saturated carbocycles. The van der Waals surface area contributed by atoms with Crippen LogP contribution in [-0.2, 0) is 12.8 Å². The van der Waals surface area contributed by atoms with E-state index in [0.717, 1.165) is 29.7 Å². The number of benzene rings is 2. The highest BCUT2D eigenvalue weighted by Gasteiger charge is 2.09. The third-order valence-electron chi connectivity index (χ3n) is 3.47. The Kier molecular flexibility index (Phi) is 5.19. The fourth-order valence-electron chi connectivity index (χ4n) is 2.34. The Morgan fingerprint density at radius 3 is 2.45 bits per heavy atom. The fraction of sp³-hybridized carbons (Fsp3) is 0.333. The van der Waals surface area contributed by atoms with E-state index in [1.807, 2.05) is 36.4 Å². The maximum Gasteiger partial charge on any atom is 0.119 e. The van der Waals surface area contributed by atoms with Gasteiger partial charge >= 0.3 is 0 Å². The van der Waals surface area contributed by atoms with Crippen molar-refractivity contribution in [3.05, 3.63) is 65.2 Å². The molecule has 0 spiro atoms. The highest BCUT2D eigenvalue weighted by Crippen LogP contribution is 2.21. The van der Waals surface area contributed by atoms with E-state index in [4.69, 9.17) is 4.74 Å². The Bertz CT molecular complexity index is 531. The zero-order valence-corrected chi connectivity index (χ0v) is 12.2. The summed E-state index contributed by atoms with van der Waals surface area (Å²) in [6.07, 6.45) is 2.36. The summed E-state index contributed by atoms with van der Waals surface area (Å²) in [6, 6.07) is 16.1. The van der Waals surface area contributed by atoms with E-state index in [2.05, 4.69) is 19.1 Å². The minimum atomic E-state index is -0.474. The molecule has 2 rings (SSSR count). The predicted octanol–water partition coefficient (Wildman–Crippen LogP) is 3.92. The van der Waals surface area contributed by atoms with Gasteiger partial charge in [0.25, 0.3) is 0 Å². The highest BCUT2D eigenvalue weighted by atomic mass is 16.5. The van der Waals surface area contributed by atoms with Crippen LogP contribution >= 0.6 is 0 Å². The van der Waals surface area contributed by atoms with Gasteiger partial charge in [-0.2, -0.15) is 0 Å². The third-order valence-corrected chi connectivity index (χ3v) is 3.47. The number of rotatable bonds is 6. The SMILES string of the molecule is CCCc1ccc(C(O)Cc2cccc(OC)c2)cc1. The van der Waals surface area contributed by atoms with Crippen LogP contribution in [0.2, 0.25) is 0 Å². The van der Waals surface area contributed by atoms with Crippen LogP contribution in [0.5, 0.6) is 5.75 Å². The molecule has 1 N–H and O–H groups in total. The van der Waals surface area contributed by atoms with Gasteiger partial charge < -0.3 is 9.84 Å². The Hall–Kier alpha value is -1.80. The van der Waals surface area contributed by atoms with Crippen molar-refractivity contribution in [1.29, 1.82) is 0 Å². The fourth-order valence-corrected chi connectivity index (χ4v) is 2.34. The van der Waals surface area contributed by atoms with Crippen LogP contribution in [0.3, 0.4) is 0 Å². The summed E-state index contributed by atoms with van der Waals surface area (Å²) in [4.78, 5) is 0. The molecule has 2 aromatic carbocycles. The van der Waals surface area contributed by atoms with Crippen molar-refractivity contribution in [2.24, 2.45) is 0 Å². The molecule has 0 heterocycles. The number of aliphatic hydroxyl groups excluding tert-OH is 1. The average Bonchev–Trinajstić information content (AvgIpc) is 2.48. The molecule has 20 heavy (non-hydrogen) atoms. The zero-order valence-electron chi connectivity index (χ0n) is 12.2. The zero-order chi connectivity index (χ0) is 14.4. The number of methoxy groups -OCH3 is 1. The lowest BCUT2D eigenvalue weighted by Gasteiger charge is -2.12. The first kappa shape index (κ1) is 14.6. The monoisotopic (exact) mass is 270 g/mol. The first-order chi connectivity index (χ1) is 9.72. The van der Waals surface area contributed by atoms with Crippen LogP contribution in [0.1, 0.15) is 36.1 Å². The molecule has 1 unspecified atom stereocenters. The molecule has 2 heteroatoms. The summed E-state index contributed by atoms with van der Waals surface area (Å²) >= 11 is 0. The average molecular weight is 270 g/mol. The smallest absolute Gasteiger partial charge is 0.119 e. The summed E-state index contributed by atoms with van der Waals surface area (Å²) in [5, 5.41) is 10.3. The largest absolute Gasteiger partial charge is 0.497 e. The van der Waals surface area contributed by atoms with Gasteiger partial charge in [-0.25, -0.2) is 0 Å². The lowest BCUT2D eigenvalue weighted by Crippen LogP contribution is -2.02. The molecule has 0 aliphatic carbocycles. The van der Waals surface area contributed by atoms with Crippen LogP contribution < -0.4 is 4.74 Å². The van der Waals surface area contributed by atoms with Gasteiger partial charge in [-0.05, 0) is 35.2 Å². The maximum atomic E-state index is 10.3. The van der Waals surface area contributed by atoms with Crippen LogP contribution in [0.15, 0.2) is 48.5 Å². The van der Waals surface area contributed by atoms with Crippen LogP contribution in [-0.4, -0.2) is 12.2 Å². The third kappa shape index (κ3) is 3.84. The molecule has 0 radical (unpaired) electrons. The summed E-state index contributed by atoms with van der Waals surface area (Å²) in [6.45, 7) is 2.17. The Morgan fingerprint density at radius 2 is 1.80 bits per heavy atom. The first-order valence-corrected chi connectivity index (χ1v) is 7.12. The van der Waals surface area contributed by atoms with Gasteiger partial charge in [-0.15, -0.1) is 0 Å². The van der Waals surface area contributed by atoms with Crippen molar-refractivity contribution in [3.63, 3.8) is 0 Å². The molecule has 106 valence electrons.